The Labute approximate surface area is 94.4 Å². The molecule has 0 amide bonds. The SMILES string of the molecule is CCCN=c1cc(OCCC)nc(N)n1O. The number of nitrogens with zero attached hydrogens (tertiary/aromatic N) is 3. The van der Waals surface area contributed by atoms with Crippen molar-refractivity contribution in [1.29, 1.82) is 0 Å². The molecule has 0 aromatic carbocycles. The van der Waals surface area contributed by atoms with E-state index in [4.69, 9.17) is 10.5 Å². The fraction of sp³-hybridized carbons (Fsp3) is 0.600. The summed E-state index contributed by atoms with van der Waals surface area (Å²) in [6.45, 7) is 5.19. The molecule has 0 atom stereocenters. The second-order valence-electron chi connectivity index (χ2n) is 3.35. The lowest BCUT2D eigenvalue weighted by molar-refractivity contribution is 0.172. The first kappa shape index (κ1) is 12.4. The van der Waals surface area contributed by atoms with Gasteiger partial charge in [0.25, 0.3) is 0 Å². The Morgan fingerprint density at radius 2 is 2.25 bits per heavy atom. The second kappa shape index (κ2) is 5.99. The lowest BCUT2D eigenvalue weighted by atomic mass is 10.5. The Morgan fingerprint density at radius 3 is 2.88 bits per heavy atom. The highest BCUT2D eigenvalue weighted by Crippen LogP contribution is 2.04. The van der Waals surface area contributed by atoms with E-state index in [9.17, 15) is 5.21 Å². The van der Waals surface area contributed by atoms with E-state index < -0.39 is 0 Å². The van der Waals surface area contributed by atoms with Crippen LogP contribution in [0.1, 0.15) is 26.7 Å². The van der Waals surface area contributed by atoms with Crippen molar-refractivity contribution < 1.29 is 9.94 Å². The Hall–Kier alpha value is -1.72. The molecular formula is C10H18N4O2. The topological polar surface area (TPSA) is 85.7 Å². The molecule has 0 radical (unpaired) electrons. The fourth-order valence-electron chi connectivity index (χ4n) is 1.10. The van der Waals surface area contributed by atoms with Gasteiger partial charge in [-0.1, -0.05) is 13.8 Å². The van der Waals surface area contributed by atoms with Gasteiger partial charge in [0, 0.05) is 12.6 Å². The standard InChI is InChI=1S/C10H18N4O2/c1-3-5-12-8-7-9(16-6-4-2)13-10(11)14(8)15/h7,15H,3-6H2,1-2H3,(H2,11,13). The molecule has 1 aromatic rings. The van der Waals surface area contributed by atoms with Gasteiger partial charge < -0.3 is 15.7 Å². The van der Waals surface area contributed by atoms with E-state index in [1.807, 2.05) is 13.8 Å². The zero-order valence-electron chi connectivity index (χ0n) is 9.68. The maximum Gasteiger partial charge on any atom is 0.239 e. The van der Waals surface area contributed by atoms with Crippen LogP contribution >= 0.6 is 0 Å². The maximum absolute atomic E-state index is 9.55. The normalized spacial score (nSPS) is 11.8. The van der Waals surface area contributed by atoms with E-state index in [2.05, 4.69) is 9.98 Å². The number of nitrogen functional groups attached to an aromatic ring is 1. The Morgan fingerprint density at radius 1 is 1.50 bits per heavy atom. The number of hydrogen-bond donors (Lipinski definition) is 2. The van der Waals surface area contributed by atoms with E-state index in [-0.39, 0.29) is 5.95 Å². The second-order valence-corrected chi connectivity index (χ2v) is 3.35. The highest BCUT2D eigenvalue weighted by atomic mass is 16.5. The fourth-order valence-corrected chi connectivity index (χ4v) is 1.10. The summed E-state index contributed by atoms with van der Waals surface area (Å²) >= 11 is 0. The third kappa shape index (κ3) is 3.15. The predicted octanol–water partition coefficient (Wildman–Crippen LogP) is 0.802. The third-order valence-corrected chi connectivity index (χ3v) is 1.86. The minimum atomic E-state index is -0.0246. The molecule has 16 heavy (non-hydrogen) atoms. The zero-order valence-corrected chi connectivity index (χ0v) is 9.68. The first-order valence-electron chi connectivity index (χ1n) is 5.41. The van der Waals surface area contributed by atoms with Crippen molar-refractivity contribution in [2.45, 2.75) is 26.7 Å². The number of anilines is 1. The van der Waals surface area contributed by atoms with Gasteiger partial charge in [0.15, 0.2) is 5.49 Å². The molecule has 0 saturated carbocycles. The molecule has 0 aliphatic rings. The van der Waals surface area contributed by atoms with Gasteiger partial charge in [0.2, 0.25) is 11.8 Å². The molecule has 0 bridgehead atoms. The Bertz CT molecular complexity index is 400. The smallest absolute Gasteiger partial charge is 0.239 e. The summed E-state index contributed by atoms with van der Waals surface area (Å²) in [6, 6.07) is 1.57. The number of nitrogens with two attached hydrogens (primary N) is 1. The van der Waals surface area contributed by atoms with E-state index in [0.29, 0.717) is 24.5 Å². The van der Waals surface area contributed by atoms with Crippen molar-refractivity contribution in [3.05, 3.63) is 11.6 Å². The lowest BCUT2D eigenvalue weighted by Gasteiger charge is -2.07. The van der Waals surface area contributed by atoms with Crippen LogP contribution in [-0.2, 0) is 0 Å². The third-order valence-electron chi connectivity index (χ3n) is 1.86. The minimum absolute atomic E-state index is 0.0246. The summed E-state index contributed by atoms with van der Waals surface area (Å²) in [7, 11) is 0. The van der Waals surface area contributed by atoms with Crippen molar-refractivity contribution in [1.82, 2.24) is 9.71 Å². The molecule has 1 rings (SSSR count). The molecule has 0 fully saturated rings. The van der Waals surface area contributed by atoms with Gasteiger partial charge in [-0.25, -0.2) is 0 Å². The van der Waals surface area contributed by atoms with Gasteiger partial charge in [-0.2, -0.15) is 4.98 Å². The highest BCUT2D eigenvalue weighted by Gasteiger charge is 2.03. The van der Waals surface area contributed by atoms with Crippen LogP contribution < -0.4 is 16.0 Å². The molecule has 90 valence electrons. The summed E-state index contributed by atoms with van der Waals surface area (Å²) in [6.07, 6.45) is 1.78. The molecule has 0 aliphatic heterocycles. The van der Waals surface area contributed by atoms with Gasteiger partial charge >= 0.3 is 0 Å². The van der Waals surface area contributed by atoms with Crippen molar-refractivity contribution in [3.63, 3.8) is 0 Å². The summed E-state index contributed by atoms with van der Waals surface area (Å²) < 4.78 is 6.09. The monoisotopic (exact) mass is 226 g/mol. The van der Waals surface area contributed by atoms with Crippen LogP contribution in [0.15, 0.2) is 11.1 Å². The average Bonchev–Trinajstić information content (AvgIpc) is 2.28. The van der Waals surface area contributed by atoms with Gasteiger partial charge in [0.1, 0.15) is 0 Å². The largest absolute Gasteiger partial charge is 0.477 e. The molecule has 0 unspecified atom stereocenters. The van der Waals surface area contributed by atoms with Crippen LogP contribution in [0, 0.1) is 0 Å². The molecule has 0 spiro atoms. The molecule has 1 heterocycles. The number of aromatic nitrogens is 2. The van der Waals surface area contributed by atoms with Gasteiger partial charge in [0.05, 0.1) is 6.61 Å². The zero-order chi connectivity index (χ0) is 12.0. The number of rotatable bonds is 5. The van der Waals surface area contributed by atoms with Crippen LogP contribution in [0.25, 0.3) is 0 Å². The molecule has 3 N–H and O–H groups in total. The van der Waals surface area contributed by atoms with Crippen LogP contribution in [0.2, 0.25) is 0 Å². The molecule has 0 saturated heterocycles. The van der Waals surface area contributed by atoms with E-state index >= 15 is 0 Å². The molecule has 0 aliphatic carbocycles. The summed E-state index contributed by atoms with van der Waals surface area (Å²) in [5, 5.41) is 9.55. The van der Waals surface area contributed by atoms with E-state index in [1.165, 1.54) is 0 Å². The molecular weight excluding hydrogens is 208 g/mol. The Kier molecular flexibility index (Phi) is 4.63. The van der Waals surface area contributed by atoms with Crippen LogP contribution in [-0.4, -0.2) is 28.1 Å². The highest BCUT2D eigenvalue weighted by molar-refractivity contribution is 5.21. The van der Waals surface area contributed by atoms with E-state index in [1.54, 1.807) is 6.07 Å². The minimum Gasteiger partial charge on any atom is -0.477 e. The molecule has 6 heteroatoms. The van der Waals surface area contributed by atoms with Crippen LogP contribution in [0.5, 0.6) is 5.88 Å². The van der Waals surface area contributed by atoms with Crippen molar-refractivity contribution in [3.8, 4) is 5.88 Å². The maximum atomic E-state index is 9.55. The Balaban J connectivity index is 3.02. The van der Waals surface area contributed by atoms with Crippen LogP contribution in [0.3, 0.4) is 0 Å². The summed E-state index contributed by atoms with van der Waals surface area (Å²) in [5.74, 6) is 0.364. The molecule has 1 aromatic heterocycles. The number of hydrogen-bond acceptors (Lipinski definition) is 5. The van der Waals surface area contributed by atoms with Crippen molar-refractivity contribution in [2.75, 3.05) is 18.9 Å². The lowest BCUT2D eigenvalue weighted by Crippen LogP contribution is -2.24. The predicted molar refractivity (Wildman–Crippen MR) is 60.3 cm³/mol. The average molecular weight is 226 g/mol. The van der Waals surface area contributed by atoms with Crippen LogP contribution in [0.4, 0.5) is 5.95 Å². The summed E-state index contributed by atoms with van der Waals surface area (Å²) in [4.78, 5) is 8.05. The van der Waals surface area contributed by atoms with Gasteiger partial charge in [-0.05, 0) is 12.8 Å². The quantitative estimate of drug-likeness (QED) is 0.727. The summed E-state index contributed by atoms with van der Waals surface area (Å²) in [5.41, 5.74) is 5.89. The first-order chi connectivity index (χ1) is 7.69. The molecule has 6 nitrogen and oxygen atoms in total. The van der Waals surface area contributed by atoms with Crippen molar-refractivity contribution in [2.24, 2.45) is 4.99 Å². The van der Waals surface area contributed by atoms with Gasteiger partial charge in [-0.15, -0.1) is 4.73 Å². The van der Waals surface area contributed by atoms with Gasteiger partial charge in [-0.3, -0.25) is 4.99 Å². The van der Waals surface area contributed by atoms with E-state index in [0.717, 1.165) is 17.6 Å². The van der Waals surface area contributed by atoms with Crippen molar-refractivity contribution >= 4 is 5.95 Å². The number of ether oxygens (including phenoxy) is 1. The first-order valence-corrected chi connectivity index (χ1v) is 5.41.